The molecule has 0 aliphatic rings. The lowest BCUT2D eigenvalue weighted by Gasteiger charge is -2.19. The molecule has 1 amide bonds. The van der Waals surface area contributed by atoms with E-state index >= 15 is 0 Å². The van der Waals surface area contributed by atoms with Crippen LogP contribution in [0.3, 0.4) is 0 Å². The van der Waals surface area contributed by atoms with Crippen molar-refractivity contribution in [3.8, 4) is 5.75 Å². The Labute approximate surface area is 116 Å². The molecule has 0 spiro atoms. The molecule has 6 heteroatoms. The van der Waals surface area contributed by atoms with E-state index < -0.39 is 17.9 Å². The third-order valence-electron chi connectivity index (χ3n) is 2.55. The zero-order valence-corrected chi connectivity index (χ0v) is 11.7. The summed E-state index contributed by atoms with van der Waals surface area (Å²) < 4.78 is 5.06. The quantitative estimate of drug-likeness (QED) is 0.778. The van der Waals surface area contributed by atoms with Gasteiger partial charge in [-0.25, -0.2) is 0 Å². The number of aliphatic carboxylic acids is 1. The van der Waals surface area contributed by atoms with Gasteiger partial charge in [0, 0.05) is 0 Å². The summed E-state index contributed by atoms with van der Waals surface area (Å²) in [6.07, 6.45) is 2.19. The summed E-state index contributed by atoms with van der Waals surface area (Å²) in [5.41, 5.74) is 0.306. The summed E-state index contributed by atoms with van der Waals surface area (Å²) in [5.74, 6) is -0.725. The lowest BCUT2D eigenvalue weighted by molar-refractivity contribution is -0.308. The summed E-state index contributed by atoms with van der Waals surface area (Å²) in [7, 11) is 1.45. The number of carbonyl (C=O) groups is 2. The van der Waals surface area contributed by atoms with Crippen LogP contribution in [-0.2, 0) is 4.79 Å². The minimum Gasteiger partial charge on any atom is -0.548 e. The fourth-order valence-electron chi connectivity index (χ4n) is 1.55. The van der Waals surface area contributed by atoms with Crippen molar-refractivity contribution in [3.63, 3.8) is 0 Å². The molecule has 1 rings (SSSR count). The molecule has 0 saturated carbocycles. The average Bonchev–Trinajstić information content (AvgIpc) is 2.42. The fourth-order valence-corrected chi connectivity index (χ4v) is 2.02. The van der Waals surface area contributed by atoms with E-state index in [1.807, 2.05) is 6.26 Å². The number of thioether (sulfide) groups is 1. The SMILES string of the molecule is COc1ccccc1C(=O)N[C@@H](CCSC)C(=O)[O-]. The van der Waals surface area contributed by atoms with E-state index in [1.165, 1.54) is 18.9 Å². The van der Waals surface area contributed by atoms with Crippen molar-refractivity contribution in [1.29, 1.82) is 0 Å². The maximum Gasteiger partial charge on any atom is 0.255 e. The minimum absolute atomic E-state index is 0.306. The van der Waals surface area contributed by atoms with Gasteiger partial charge in [0.05, 0.1) is 24.7 Å². The van der Waals surface area contributed by atoms with Gasteiger partial charge in [-0.1, -0.05) is 12.1 Å². The first-order chi connectivity index (χ1) is 9.10. The van der Waals surface area contributed by atoms with Gasteiger partial charge < -0.3 is 20.0 Å². The minimum atomic E-state index is -1.28. The zero-order valence-electron chi connectivity index (χ0n) is 10.8. The van der Waals surface area contributed by atoms with Gasteiger partial charge in [0.25, 0.3) is 5.91 Å². The van der Waals surface area contributed by atoms with E-state index in [1.54, 1.807) is 24.3 Å². The number of carbonyl (C=O) groups excluding carboxylic acids is 2. The van der Waals surface area contributed by atoms with Crippen molar-refractivity contribution < 1.29 is 19.4 Å². The van der Waals surface area contributed by atoms with E-state index in [0.29, 0.717) is 23.5 Å². The van der Waals surface area contributed by atoms with Crippen molar-refractivity contribution in [3.05, 3.63) is 29.8 Å². The summed E-state index contributed by atoms with van der Waals surface area (Å²) in [6.45, 7) is 0. The molecule has 0 unspecified atom stereocenters. The lowest BCUT2D eigenvalue weighted by Crippen LogP contribution is -2.48. The normalized spacial score (nSPS) is 11.7. The number of carboxylic acid groups (broad SMARTS) is 1. The van der Waals surface area contributed by atoms with Gasteiger partial charge in [0.1, 0.15) is 5.75 Å². The molecule has 0 heterocycles. The second-order valence-electron chi connectivity index (χ2n) is 3.83. The van der Waals surface area contributed by atoms with E-state index in [-0.39, 0.29) is 0 Å². The Morgan fingerprint density at radius 1 is 1.42 bits per heavy atom. The molecule has 1 atom stereocenters. The molecule has 0 aliphatic carbocycles. The topological polar surface area (TPSA) is 78.5 Å². The van der Waals surface area contributed by atoms with Crippen LogP contribution < -0.4 is 15.2 Å². The third kappa shape index (κ3) is 4.48. The van der Waals surface area contributed by atoms with E-state index in [2.05, 4.69) is 5.32 Å². The number of para-hydroxylation sites is 1. The Balaban J connectivity index is 2.78. The molecule has 1 N–H and O–H groups in total. The average molecular weight is 282 g/mol. The first-order valence-corrected chi connectivity index (χ1v) is 7.13. The molecule has 0 fully saturated rings. The highest BCUT2D eigenvalue weighted by Crippen LogP contribution is 2.17. The highest BCUT2D eigenvalue weighted by Gasteiger charge is 2.17. The Morgan fingerprint density at radius 2 is 2.11 bits per heavy atom. The van der Waals surface area contributed by atoms with Crippen molar-refractivity contribution in [1.82, 2.24) is 5.32 Å². The molecule has 0 bridgehead atoms. The van der Waals surface area contributed by atoms with Crippen LogP contribution in [0.1, 0.15) is 16.8 Å². The van der Waals surface area contributed by atoms with Crippen LogP contribution in [0.15, 0.2) is 24.3 Å². The summed E-state index contributed by atoms with van der Waals surface area (Å²) in [5, 5.41) is 13.4. The number of methoxy groups -OCH3 is 1. The van der Waals surface area contributed by atoms with Gasteiger partial charge in [-0.3, -0.25) is 4.79 Å². The van der Waals surface area contributed by atoms with Crippen LogP contribution >= 0.6 is 11.8 Å². The van der Waals surface area contributed by atoms with Crippen LogP contribution in [0, 0.1) is 0 Å². The third-order valence-corrected chi connectivity index (χ3v) is 3.20. The molecule has 0 radical (unpaired) electrons. The smallest absolute Gasteiger partial charge is 0.255 e. The van der Waals surface area contributed by atoms with E-state index in [4.69, 9.17) is 4.74 Å². The largest absolute Gasteiger partial charge is 0.548 e. The predicted molar refractivity (Wildman–Crippen MR) is 72.3 cm³/mol. The van der Waals surface area contributed by atoms with Gasteiger partial charge in [0.2, 0.25) is 0 Å². The van der Waals surface area contributed by atoms with E-state index in [9.17, 15) is 14.7 Å². The van der Waals surface area contributed by atoms with Crippen LogP contribution in [0.2, 0.25) is 0 Å². The molecule has 0 aromatic heterocycles. The van der Waals surface area contributed by atoms with Crippen LogP contribution in [0.5, 0.6) is 5.75 Å². The number of benzene rings is 1. The Bertz CT molecular complexity index is 450. The Morgan fingerprint density at radius 3 is 2.68 bits per heavy atom. The summed E-state index contributed by atoms with van der Waals surface area (Å²) >= 11 is 1.51. The van der Waals surface area contributed by atoms with Gasteiger partial charge in [-0.05, 0) is 30.6 Å². The number of hydrogen-bond donors (Lipinski definition) is 1. The van der Waals surface area contributed by atoms with Crippen molar-refractivity contribution in [2.24, 2.45) is 0 Å². The predicted octanol–water partition coefficient (Wildman–Crippen LogP) is 0.297. The van der Waals surface area contributed by atoms with E-state index in [0.717, 1.165) is 0 Å². The second-order valence-corrected chi connectivity index (χ2v) is 4.81. The molecule has 1 aromatic carbocycles. The van der Waals surface area contributed by atoms with Gasteiger partial charge >= 0.3 is 0 Å². The molecule has 104 valence electrons. The van der Waals surface area contributed by atoms with Crippen molar-refractivity contribution in [2.75, 3.05) is 19.1 Å². The lowest BCUT2D eigenvalue weighted by atomic mass is 10.1. The molecular weight excluding hydrogens is 266 g/mol. The van der Waals surface area contributed by atoms with Gasteiger partial charge in [0.15, 0.2) is 0 Å². The Kier molecular flexibility index (Phi) is 6.21. The number of hydrogen-bond acceptors (Lipinski definition) is 5. The number of rotatable bonds is 7. The number of nitrogens with one attached hydrogen (secondary N) is 1. The molecule has 1 aromatic rings. The highest BCUT2D eigenvalue weighted by molar-refractivity contribution is 7.98. The standard InChI is InChI=1S/C13H17NO4S/c1-18-11-6-4-3-5-9(11)12(15)14-10(13(16)17)7-8-19-2/h3-6,10H,7-8H2,1-2H3,(H,14,15)(H,16,17)/p-1/t10-/m0/s1. The maximum absolute atomic E-state index is 12.0. The first kappa shape index (κ1) is 15.4. The summed E-state index contributed by atoms with van der Waals surface area (Å²) in [6, 6.07) is 5.65. The van der Waals surface area contributed by atoms with Gasteiger partial charge in [-0.15, -0.1) is 0 Å². The molecule has 5 nitrogen and oxygen atoms in total. The number of amides is 1. The highest BCUT2D eigenvalue weighted by atomic mass is 32.2. The molecule has 19 heavy (non-hydrogen) atoms. The number of ether oxygens (including phenoxy) is 1. The van der Waals surface area contributed by atoms with Crippen LogP contribution in [-0.4, -0.2) is 37.0 Å². The fraction of sp³-hybridized carbons (Fsp3) is 0.385. The van der Waals surface area contributed by atoms with Crippen molar-refractivity contribution >= 4 is 23.6 Å². The molecule has 0 aliphatic heterocycles. The maximum atomic E-state index is 12.0. The number of carboxylic acids is 1. The monoisotopic (exact) mass is 282 g/mol. The molecular formula is C13H16NO4S-. The van der Waals surface area contributed by atoms with Crippen LogP contribution in [0.25, 0.3) is 0 Å². The van der Waals surface area contributed by atoms with Gasteiger partial charge in [-0.2, -0.15) is 11.8 Å². The summed E-state index contributed by atoms with van der Waals surface area (Å²) in [4.78, 5) is 23.0. The Hall–Kier alpha value is -1.69. The second kappa shape index (κ2) is 7.68. The van der Waals surface area contributed by atoms with Crippen LogP contribution in [0.4, 0.5) is 0 Å². The van der Waals surface area contributed by atoms with Crippen molar-refractivity contribution in [2.45, 2.75) is 12.5 Å². The zero-order chi connectivity index (χ0) is 14.3. The first-order valence-electron chi connectivity index (χ1n) is 5.73. The molecule has 0 saturated heterocycles.